The maximum absolute atomic E-state index is 12.5. The van der Waals surface area contributed by atoms with Crippen LogP contribution in [0.1, 0.15) is 23.7 Å². The van der Waals surface area contributed by atoms with Gasteiger partial charge < -0.3 is 10.2 Å². The first-order chi connectivity index (χ1) is 10.7. The van der Waals surface area contributed by atoms with E-state index in [-0.39, 0.29) is 17.9 Å². The van der Waals surface area contributed by atoms with Crippen molar-refractivity contribution < 1.29 is 9.59 Å². The number of H-pyrrole nitrogens is 1. The molecule has 114 valence electrons. The van der Waals surface area contributed by atoms with E-state index in [0.717, 1.165) is 0 Å². The Labute approximate surface area is 127 Å². The second-order valence-electron chi connectivity index (χ2n) is 5.19. The molecule has 0 spiro atoms. The molecular weight excluding hydrogens is 282 g/mol. The summed E-state index contributed by atoms with van der Waals surface area (Å²) in [5.41, 5.74) is 1.20. The zero-order valence-electron chi connectivity index (χ0n) is 12.2. The van der Waals surface area contributed by atoms with Crippen LogP contribution in [-0.2, 0) is 4.79 Å². The van der Waals surface area contributed by atoms with Gasteiger partial charge in [0.1, 0.15) is 6.33 Å². The van der Waals surface area contributed by atoms with E-state index in [1.165, 1.54) is 6.33 Å². The number of carbonyl (C=O) groups excluding carboxylic acids is 2. The fourth-order valence-corrected chi connectivity index (χ4v) is 2.66. The van der Waals surface area contributed by atoms with E-state index < -0.39 is 0 Å². The molecule has 1 aliphatic rings. The molecule has 0 radical (unpaired) electrons. The number of nitrogens with one attached hydrogen (secondary N) is 2. The van der Waals surface area contributed by atoms with Crippen LogP contribution in [0.25, 0.3) is 11.4 Å². The Balaban J connectivity index is 1.78. The van der Waals surface area contributed by atoms with Crippen molar-refractivity contribution in [1.82, 2.24) is 25.4 Å². The highest BCUT2D eigenvalue weighted by molar-refractivity contribution is 6.00. The molecule has 0 aliphatic carbocycles. The van der Waals surface area contributed by atoms with Crippen molar-refractivity contribution in [1.29, 1.82) is 0 Å². The van der Waals surface area contributed by atoms with Gasteiger partial charge in [-0.2, -0.15) is 5.10 Å². The Hall–Kier alpha value is -2.70. The van der Waals surface area contributed by atoms with Gasteiger partial charge in [-0.1, -0.05) is 18.2 Å². The number of likely N-dealkylation sites (N-methyl/N-ethyl adjacent to an activating group) is 1. The maximum Gasteiger partial charge on any atom is 0.252 e. The lowest BCUT2D eigenvalue weighted by Crippen LogP contribution is -2.37. The van der Waals surface area contributed by atoms with Crippen LogP contribution >= 0.6 is 0 Å². The summed E-state index contributed by atoms with van der Waals surface area (Å²) in [5, 5.41) is 9.50. The largest absolute Gasteiger partial charge is 0.347 e. The van der Waals surface area contributed by atoms with Crippen LogP contribution in [-0.4, -0.2) is 51.0 Å². The highest BCUT2D eigenvalue weighted by atomic mass is 16.2. The molecule has 2 heterocycles. The van der Waals surface area contributed by atoms with Crippen LogP contribution in [0.3, 0.4) is 0 Å². The average molecular weight is 299 g/mol. The summed E-state index contributed by atoms with van der Waals surface area (Å²) in [7, 11) is 0. The highest BCUT2D eigenvalue weighted by Gasteiger charge is 2.30. The Morgan fingerprint density at radius 3 is 2.95 bits per heavy atom. The first-order valence-electron chi connectivity index (χ1n) is 7.22. The number of rotatable bonds is 4. The highest BCUT2D eigenvalue weighted by Crippen LogP contribution is 2.20. The minimum atomic E-state index is -0.206. The van der Waals surface area contributed by atoms with Gasteiger partial charge in [-0.3, -0.25) is 14.7 Å². The molecule has 0 saturated carbocycles. The van der Waals surface area contributed by atoms with Gasteiger partial charge in [0.25, 0.3) is 5.91 Å². The lowest BCUT2D eigenvalue weighted by Gasteiger charge is -2.15. The molecule has 1 atom stereocenters. The molecule has 2 N–H and O–H groups in total. The molecule has 3 rings (SSSR count). The van der Waals surface area contributed by atoms with Crippen LogP contribution < -0.4 is 5.32 Å². The van der Waals surface area contributed by atoms with Crippen molar-refractivity contribution in [3.05, 3.63) is 36.2 Å². The number of likely N-dealkylation sites (tertiary alicyclic amines) is 1. The van der Waals surface area contributed by atoms with Crippen LogP contribution in [0.4, 0.5) is 0 Å². The third kappa shape index (κ3) is 2.69. The second kappa shape index (κ2) is 5.97. The third-order valence-electron chi connectivity index (χ3n) is 3.77. The van der Waals surface area contributed by atoms with Crippen LogP contribution in [0.15, 0.2) is 30.6 Å². The first kappa shape index (κ1) is 14.2. The number of hydrogen-bond acceptors (Lipinski definition) is 4. The van der Waals surface area contributed by atoms with Gasteiger partial charge in [0.15, 0.2) is 5.82 Å². The molecule has 22 heavy (non-hydrogen) atoms. The van der Waals surface area contributed by atoms with Crippen LogP contribution in [0.2, 0.25) is 0 Å². The van der Waals surface area contributed by atoms with Crippen LogP contribution in [0.5, 0.6) is 0 Å². The zero-order chi connectivity index (χ0) is 15.5. The van der Waals surface area contributed by atoms with Crippen LogP contribution in [0, 0.1) is 0 Å². The Morgan fingerprint density at radius 1 is 1.45 bits per heavy atom. The molecule has 2 amide bonds. The topological polar surface area (TPSA) is 91.0 Å². The summed E-state index contributed by atoms with van der Waals surface area (Å²) >= 11 is 0. The van der Waals surface area contributed by atoms with Gasteiger partial charge in [-0.25, -0.2) is 4.98 Å². The molecule has 0 unspecified atom stereocenters. The number of benzene rings is 1. The van der Waals surface area contributed by atoms with E-state index in [2.05, 4.69) is 20.5 Å². The molecule has 2 aromatic rings. The van der Waals surface area contributed by atoms with Crippen molar-refractivity contribution in [3.8, 4) is 11.4 Å². The lowest BCUT2D eigenvalue weighted by atomic mass is 10.1. The summed E-state index contributed by atoms with van der Waals surface area (Å²) in [6.45, 7) is 3.16. The molecule has 0 bridgehead atoms. The summed E-state index contributed by atoms with van der Waals surface area (Å²) in [6, 6.07) is 7.04. The van der Waals surface area contributed by atoms with Gasteiger partial charge in [0.2, 0.25) is 5.91 Å². The summed E-state index contributed by atoms with van der Waals surface area (Å²) in [6.07, 6.45) is 1.75. The van der Waals surface area contributed by atoms with Crippen molar-refractivity contribution in [2.45, 2.75) is 19.4 Å². The number of aromatic nitrogens is 3. The number of carbonyl (C=O) groups is 2. The second-order valence-corrected chi connectivity index (χ2v) is 5.19. The Kier molecular flexibility index (Phi) is 3.86. The molecule has 1 aliphatic heterocycles. The molecule has 1 fully saturated rings. The van der Waals surface area contributed by atoms with Crippen molar-refractivity contribution in [2.24, 2.45) is 0 Å². The first-order valence-corrected chi connectivity index (χ1v) is 7.22. The van der Waals surface area contributed by atoms with Gasteiger partial charge >= 0.3 is 0 Å². The molecule has 1 saturated heterocycles. The van der Waals surface area contributed by atoms with E-state index >= 15 is 0 Å². The lowest BCUT2D eigenvalue weighted by molar-refractivity contribution is -0.127. The number of hydrogen-bond donors (Lipinski definition) is 2. The molecule has 1 aromatic carbocycles. The third-order valence-corrected chi connectivity index (χ3v) is 3.77. The summed E-state index contributed by atoms with van der Waals surface area (Å²) in [5.74, 6) is 0.419. The number of nitrogens with zero attached hydrogens (tertiary/aromatic N) is 3. The minimum Gasteiger partial charge on any atom is -0.347 e. The molecule has 7 nitrogen and oxygen atoms in total. The van der Waals surface area contributed by atoms with Crippen molar-refractivity contribution in [2.75, 3.05) is 13.1 Å². The van der Waals surface area contributed by atoms with E-state index in [1.807, 2.05) is 19.1 Å². The molecular formula is C15H17N5O2. The predicted molar refractivity (Wildman–Crippen MR) is 79.9 cm³/mol. The monoisotopic (exact) mass is 299 g/mol. The van der Waals surface area contributed by atoms with Gasteiger partial charge in [0.05, 0.1) is 11.6 Å². The average Bonchev–Trinajstić information content (AvgIpc) is 3.17. The Bertz CT molecular complexity index is 683. The number of aromatic amines is 1. The minimum absolute atomic E-state index is 0.0799. The number of amides is 2. The SMILES string of the molecule is CCN1C[C@@H](NC(=O)c2ccccc2-c2ncn[nH]2)CC1=O. The van der Waals surface area contributed by atoms with Gasteiger partial charge in [-0.15, -0.1) is 0 Å². The quantitative estimate of drug-likeness (QED) is 0.874. The zero-order valence-corrected chi connectivity index (χ0v) is 12.2. The summed E-state index contributed by atoms with van der Waals surface area (Å²) < 4.78 is 0. The van der Waals surface area contributed by atoms with E-state index in [4.69, 9.17) is 0 Å². The molecule has 7 heteroatoms. The van der Waals surface area contributed by atoms with Crippen molar-refractivity contribution in [3.63, 3.8) is 0 Å². The Morgan fingerprint density at radius 2 is 2.27 bits per heavy atom. The normalized spacial score (nSPS) is 17.8. The van der Waals surface area contributed by atoms with Gasteiger partial charge in [-0.05, 0) is 13.0 Å². The maximum atomic E-state index is 12.5. The standard InChI is InChI=1S/C15H17N5O2/c1-2-20-8-10(7-13(20)21)18-15(22)12-6-4-3-5-11(12)14-16-9-17-19-14/h3-6,9-10H,2,7-8H2,1H3,(H,18,22)(H,16,17,19)/t10-/m0/s1. The summed E-state index contributed by atoms with van der Waals surface area (Å²) in [4.78, 5) is 30.1. The molecule has 1 aromatic heterocycles. The van der Waals surface area contributed by atoms with E-state index in [9.17, 15) is 9.59 Å². The predicted octanol–water partition coefficient (Wildman–Crippen LogP) is 0.822. The fraction of sp³-hybridized carbons (Fsp3) is 0.333. The van der Waals surface area contributed by atoms with Gasteiger partial charge in [0, 0.05) is 25.1 Å². The van der Waals surface area contributed by atoms with Crippen molar-refractivity contribution >= 4 is 11.8 Å². The van der Waals surface area contributed by atoms with E-state index in [1.54, 1.807) is 17.0 Å². The fourth-order valence-electron chi connectivity index (χ4n) is 2.66. The van der Waals surface area contributed by atoms with E-state index in [0.29, 0.717) is 36.5 Å². The smallest absolute Gasteiger partial charge is 0.252 e.